The highest BCUT2D eigenvalue weighted by molar-refractivity contribution is 6.55. The molecule has 0 fully saturated rings. The van der Waals surface area contributed by atoms with Crippen LogP contribution >= 0.6 is 46.4 Å². The van der Waals surface area contributed by atoms with Crippen LogP contribution in [0.4, 0.5) is 0 Å². The molecule has 1 aliphatic rings. The van der Waals surface area contributed by atoms with Crippen LogP contribution in [0.25, 0.3) is 0 Å². The van der Waals surface area contributed by atoms with Crippen molar-refractivity contribution in [3.05, 3.63) is 31.2 Å². The van der Waals surface area contributed by atoms with Gasteiger partial charge in [-0.2, -0.15) is 0 Å². The summed E-state index contributed by atoms with van der Waals surface area (Å²) in [6, 6.07) is 0. The fraction of sp³-hybridized carbons (Fsp3) is 0.182. The van der Waals surface area contributed by atoms with Crippen LogP contribution in [0.5, 0.6) is 0 Å². The number of hydrogen-bond donors (Lipinski definition) is 1. The Labute approximate surface area is 134 Å². The van der Waals surface area contributed by atoms with E-state index >= 15 is 0 Å². The van der Waals surface area contributed by atoms with Gasteiger partial charge in [-0.05, 0) is 0 Å². The molecular formula is C11H8Cl4N2O3. The fourth-order valence-corrected chi connectivity index (χ4v) is 2.31. The molecule has 3 amide bonds. The quantitative estimate of drug-likeness (QED) is 0.363. The number of nitrogens with zero attached hydrogens (tertiary/aromatic N) is 1. The minimum Gasteiger partial charge on any atom is -0.351 e. The third kappa shape index (κ3) is 3.17. The van der Waals surface area contributed by atoms with Crippen molar-refractivity contribution in [1.29, 1.82) is 0 Å². The highest BCUT2D eigenvalue weighted by Crippen LogP contribution is 2.42. The number of halogens is 4. The van der Waals surface area contributed by atoms with Gasteiger partial charge in [-0.25, -0.2) is 0 Å². The van der Waals surface area contributed by atoms with Crippen molar-refractivity contribution in [3.63, 3.8) is 0 Å². The van der Waals surface area contributed by atoms with Gasteiger partial charge in [0, 0.05) is 14.1 Å². The van der Waals surface area contributed by atoms with E-state index in [0.717, 1.165) is 6.41 Å². The first-order chi connectivity index (χ1) is 9.22. The van der Waals surface area contributed by atoms with Crippen molar-refractivity contribution < 1.29 is 14.4 Å². The molecule has 0 atom stereocenters. The van der Waals surface area contributed by atoms with E-state index in [0.29, 0.717) is 0 Å². The van der Waals surface area contributed by atoms with E-state index in [4.69, 9.17) is 46.4 Å². The highest BCUT2D eigenvalue weighted by atomic mass is 35.5. The number of benzene rings is 1. The van der Waals surface area contributed by atoms with Gasteiger partial charge in [-0.3, -0.25) is 19.7 Å². The van der Waals surface area contributed by atoms with E-state index in [1.165, 1.54) is 4.90 Å². The van der Waals surface area contributed by atoms with Gasteiger partial charge in [0.05, 0.1) is 31.2 Å². The van der Waals surface area contributed by atoms with Gasteiger partial charge < -0.3 is 4.90 Å². The van der Waals surface area contributed by atoms with Crippen molar-refractivity contribution >= 4 is 64.6 Å². The molecule has 0 unspecified atom stereocenters. The molecule has 2 rings (SSSR count). The van der Waals surface area contributed by atoms with E-state index in [2.05, 4.69) is 5.32 Å². The lowest BCUT2D eigenvalue weighted by molar-refractivity contribution is -0.115. The predicted octanol–water partition coefficient (Wildman–Crippen LogP) is 2.89. The number of hydrogen-bond acceptors (Lipinski definition) is 3. The number of nitrogens with one attached hydrogen (secondary N) is 1. The molecule has 0 saturated carbocycles. The second kappa shape index (κ2) is 6.63. The first kappa shape index (κ1) is 17.0. The van der Waals surface area contributed by atoms with Crippen LogP contribution in [0.2, 0.25) is 20.1 Å². The minimum atomic E-state index is -0.625. The lowest BCUT2D eigenvalue weighted by Crippen LogP contribution is -2.20. The van der Waals surface area contributed by atoms with Crippen LogP contribution in [0.3, 0.4) is 0 Å². The Bertz CT molecular complexity index is 557. The molecule has 0 saturated heterocycles. The van der Waals surface area contributed by atoms with E-state index in [9.17, 15) is 14.4 Å². The van der Waals surface area contributed by atoms with E-state index < -0.39 is 11.8 Å². The molecular weight excluding hydrogens is 350 g/mol. The van der Waals surface area contributed by atoms with Crippen molar-refractivity contribution in [1.82, 2.24) is 10.2 Å². The maximum absolute atomic E-state index is 11.3. The predicted molar refractivity (Wildman–Crippen MR) is 78.0 cm³/mol. The van der Waals surface area contributed by atoms with Gasteiger partial charge >= 0.3 is 0 Å². The molecule has 1 N–H and O–H groups in total. The average Bonchev–Trinajstić information content (AvgIpc) is 2.69. The molecule has 1 aliphatic heterocycles. The van der Waals surface area contributed by atoms with Gasteiger partial charge in [0.1, 0.15) is 0 Å². The zero-order valence-corrected chi connectivity index (χ0v) is 13.3. The van der Waals surface area contributed by atoms with Gasteiger partial charge in [-0.15, -0.1) is 0 Å². The smallest absolute Gasteiger partial charge is 0.260 e. The number of rotatable bonds is 1. The molecule has 9 heteroatoms. The van der Waals surface area contributed by atoms with E-state index in [1.807, 2.05) is 0 Å². The normalized spacial score (nSPS) is 12.3. The number of carbonyl (C=O) groups excluding carboxylic acids is 3. The summed E-state index contributed by atoms with van der Waals surface area (Å²) in [5.41, 5.74) is -0.0536. The molecule has 0 bridgehead atoms. The first-order valence-corrected chi connectivity index (χ1v) is 6.56. The van der Waals surface area contributed by atoms with Gasteiger partial charge in [0.25, 0.3) is 11.8 Å². The second-order valence-corrected chi connectivity index (χ2v) is 5.37. The summed E-state index contributed by atoms with van der Waals surface area (Å²) in [6.07, 6.45) is 0.750. The van der Waals surface area contributed by atoms with Gasteiger partial charge in [-0.1, -0.05) is 46.4 Å². The van der Waals surface area contributed by atoms with Crippen molar-refractivity contribution in [2.24, 2.45) is 0 Å². The van der Waals surface area contributed by atoms with Gasteiger partial charge in [0.15, 0.2) is 0 Å². The summed E-state index contributed by atoms with van der Waals surface area (Å²) in [6.45, 7) is 0. The summed E-state index contributed by atoms with van der Waals surface area (Å²) in [5.74, 6) is -1.25. The summed E-state index contributed by atoms with van der Waals surface area (Å²) in [5, 5.41) is 1.85. The number of imide groups is 1. The summed E-state index contributed by atoms with van der Waals surface area (Å²) < 4.78 is 0. The minimum absolute atomic E-state index is 0.0268. The number of fused-ring (bicyclic) bond motifs is 1. The summed E-state index contributed by atoms with van der Waals surface area (Å²) >= 11 is 23.1. The Morgan fingerprint density at radius 3 is 1.40 bits per heavy atom. The van der Waals surface area contributed by atoms with Crippen LogP contribution in [-0.2, 0) is 4.79 Å². The molecule has 1 heterocycles. The first-order valence-electron chi connectivity index (χ1n) is 5.05. The van der Waals surface area contributed by atoms with Crippen LogP contribution in [0.1, 0.15) is 20.7 Å². The molecule has 0 aliphatic carbocycles. The largest absolute Gasteiger partial charge is 0.351 e. The van der Waals surface area contributed by atoms with Crippen molar-refractivity contribution in [3.8, 4) is 0 Å². The number of carbonyl (C=O) groups is 3. The zero-order valence-electron chi connectivity index (χ0n) is 10.3. The average molecular weight is 358 g/mol. The van der Waals surface area contributed by atoms with E-state index in [-0.39, 0.29) is 31.2 Å². The lowest BCUT2D eigenvalue weighted by Gasteiger charge is -2.06. The zero-order chi connectivity index (χ0) is 15.6. The second-order valence-electron chi connectivity index (χ2n) is 3.86. The lowest BCUT2D eigenvalue weighted by atomic mass is 10.1. The molecule has 0 radical (unpaired) electrons. The topological polar surface area (TPSA) is 66.5 Å². The fourth-order valence-electron chi connectivity index (χ4n) is 1.29. The van der Waals surface area contributed by atoms with Gasteiger partial charge in [0.2, 0.25) is 6.41 Å². The maximum Gasteiger partial charge on any atom is 0.260 e. The van der Waals surface area contributed by atoms with Crippen molar-refractivity contribution in [2.75, 3.05) is 14.1 Å². The highest BCUT2D eigenvalue weighted by Gasteiger charge is 2.35. The Hall–Kier alpha value is -1.01. The molecule has 108 valence electrons. The monoisotopic (exact) mass is 356 g/mol. The Kier molecular flexibility index (Phi) is 5.65. The molecule has 0 spiro atoms. The van der Waals surface area contributed by atoms with Crippen molar-refractivity contribution in [2.45, 2.75) is 0 Å². The van der Waals surface area contributed by atoms with Crippen LogP contribution in [0.15, 0.2) is 0 Å². The summed E-state index contributed by atoms with van der Waals surface area (Å²) in [4.78, 5) is 33.5. The Morgan fingerprint density at radius 2 is 1.15 bits per heavy atom. The standard InChI is InChI=1S/C8HCl4NO2.C3H7NO/c9-3-1-2(8(15)13-7(1)14)4(10)6(12)5(3)11;1-4(2)3-5/h(H,13,14,15);3H,1-2H3. The van der Waals surface area contributed by atoms with Crippen LogP contribution < -0.4 is 5.32 Å². The summed E-state index contributed by atoms with van der Waals surface area (Å²) in [7, 11) is 3.38. The molecule has 20 heavy (non-hydrogen) atoms. The SMILES string of the molecule is CN(C)C=O.O=C1NC(=O)c2c(Cl)c(Cl)c(Cl)c(Cl)c21. The van der Waals surface area contributed by atoms with E-state index in [1.54, 1.807) is 14.1 Å². The van der Waals surface area contributed by atoms with Crippen LogP contribution in [0, 0.1) is 0 Å². The van der Waals surface area contributed by atoms with Crippen LogP contribution in [-0.4, -0.2) is 37.2 Å². The molecule has 1 aromatic carbocycles. The molecule has 5 nitrogen and oxygen atoms in total. The Morgan fingerprint density at radius 1 is 0.850 bits per heavy atom. The molecule has 1 aromatic rings. The Balaban J connectivity index is 0.000000347. The third-order valence-corrected chi connectivity index (χ3v) is 3.96. The third-order valence-electron chi connectivity index (χ3n) is 2.16. The molecule has 0 aromatic heterocycles. The maximum atomic E-state index is 11.3. The number of amides is 3.